The van der Waals surface area contributed by atoms with Crippen LogP contribution in [0.1, 0.15) is 50.2 Å². The number of carbonyl (C=O) groups is 2. The largest absolute Gasteiger partial charge is 0.480 e. The number of furan rings is 1. The standard InChI is InChI=1S/C22H26N4O5S/c1-12-5-6-15(31-12)19(27)23-14-7-9-26(10-8-14)22(28)18-13(2)17-20(30-4)24-16(11-29-3)25-21(17)32-18/h5-6,14H,7-11H2,1-4H3,(H,23,27). The Morgan fingerprint density at radius 1 is 1.22 bits per heavy atom. The van der Waals surface area contributed by atoms with Gasteiger partial charge in [-0.3, -0.25) is 9.59 Å². The number of likely N-dealkylation sites (tertiary alicyclic amines) is 1. The zero-order chi connectivity index (χ0) is 22.8. The number of carbonyl (C=O) groups excluding carboxylic acids is 2. The lowest BCUT2D eigenvalue weighted by atomic mass is 10.0. The minimum atomic E-state index is -0.222. The Morgan fingerprint density at radius 3 is 2.59 bits per heavy atom. The van der Waals surface area contributed by atoms with Crippen LogP contribution >= 0.6 is 11.3 Å². The number of amides is 2. The maximum Gasteiger partial charge on any atom is 0.287 e. The Bertz CT molecular complexity index is 1150. The van der Waals surface area contributed by atoms with Gasteiger partial charge < -0.3 is 24.1 Å². The zero-order valence-electron chi connectivity index (χ0n) is 18.6. The Labute approximate surface area is 189 Å². The highest BCUT2D eigenvalue weighted by Crippen LogP contribution is 2.36. The first-order valence-corrected chi connectivity index (χ1v) is 11.2. The molecular weight excluding hydrogens is 432 g/mol. The number of hydrogen-bond acceptors (Lipinski definition) is 8. The molecule has 0 aromatic carbocycles. The summed E-state index contributed by atoms with van der Waals surface area (Å²) in [5.74, 6) is 1.72. The molecule has 0 bridgehead atoms. The van der Waals surface area contributed by atoms with Crippen LogP contribution in [-0.2, 0) is 11.3 Å². The summed E-state index contributed by atoms with van der Waals surface area (Å²) in [6.07, 6.45) is 1.37. The van der Waals surface area contributed by atoms with E-state index in [0.29, 0.717) is 58.9 Å². The molecule has 170 valence electrons. The van der Waals surface area contributed by atoms with Gasteiger partial charge in [0.25, 0.3) is 11.8 Å². The van der Waals surface area contributed by atoms with E-state index in [2.05, 4.69) is 15.3 Å². The van der Waals surface area contributed by atoms with Gasteiger partial charge in [-0.25, -0.2) is 4.98 Å². The van der Waals surface area contributed by atoms with Crippen molar-refractivity contribution in [3.8, 4) is 5.88 Å². The minimum Gasteiger partial charge on any atom is -0.480 e. The minimum absolute atomic E-state index is 0.00280. The predicted octanol–water partition coefficient (Wildman–Crippen LogP) is 3.09. The van der Waals surface area contributed by atoms with E-state index in [4.69, 9.17) is 13.9 Å². The number of nitrogens with zero attached hydrogens (tertiary/aromatic N) is 3. The highest BCUT2D eigenvalue weighted by atomic mass is 32.1. The fourth-order valence-corrected chi connectivity index (χ4v) is 5.03. The van der Waals surface area contributed by atoms with E-state index in [1.165, 1.54) is 11.3 Å². The predicted molar refractivity (Wildman–Crippen MR) is 119 cm³/mol. The van der Waals surface area contributed by atoms with Crippen molar-refractivity contribution in [3.05, 3.63) is 39.9 Å². The molecule has 1 aliphatic rings. The first-order chi connectivity index (χ1) is 15.4. The van der Waals surface area contributed by atoms with Gasteiger partial charge in [-0.1, -0.05) is 0 Å². The molecule has 0 spiro atoms. The van der Waals surface area contributed by atoms with Gasteiger partial charge in [-0.15, -0.1) is 11.3 Å². The van der Waals surface area contributed by atoms with Gasteiger partial charge in [0.1, 0.15) is 17.2 Å². The van der Waals surface area contributed by atoms with Crippen LogP contribution in [0.4, 0.5) is 0 Å². The van der Waals surface area contributed by atoms with Crippen LogP contribution < -0.4 is 10.1 Å². The van der Waals surface area contributed by atoms with Gasteiger partial charge in [0.15, 0.2) is 11.6 Å². The molecule has 1 saturated heterocycles. The van der Waals surface area contributed by atoms with Gasteiger partial charge in [0.2, 0.25) is 5.88 Å². The Balaban J connectivity index is 1.46. The molecule has 0 atom stereocenters. The van der Waals surface area contributed by atoms with Crippen molar-refractivity contribution < 1.29 is 23.5 Å². The lowest BCUT2D eigenvalue weighted by Crippen LogP contribution is -2.46. The number of hydrogen-bond donors (Lipinski definition) is 1. The van der Waals surface area contributed by atoms with Gasteiger partial charge in [-0.2, -0.15) is 4.98 Å². The number of aromatic nitrogens is 2. The number of methoxy groups -OCH3 is 2. The average Bonchev–Trinajstić information content (AvgIpc) is 3.37. The van der Waals surface area contributed by atoms with E-state index in [1.807, 2.05) is 11.8 Å². The summed E-state index contributed by atoms with van der Waals surface area (Å²) < 4.78 is 16.0. The topological polar surface area (TPSA) is 107 Å². The van der Waals surface area contributed by atoms with Gasteiger partial charge >= 0.3 is 0 Å². The van der Waals surface area contributed by atoms with Crippen molar-refractivity contribution in [2.24, 2.45) is 0 Å². The third kappa shape index (κ3) is 4.33. The van der Waals surface area contributed by atoms with Crippen LogP contribution in [0.2, 0.25) is 0 Å². The third-order valence-corrected chi connectivity index (χ3v) is 6.72. The zero-order valence-corrected chi connectivity index (χ0v) is 19.4. The van der Waals surface area contributed by atoms with Crippen molar-refractivity contribution in [2.75, 3.05) is 27.3 Å². The van der Waals surface area contributed by atoms with E-state index >= 15 is 0 Å². The molecule has 3 aromatic rings. The van der Waals surface area contributed by atoms with E-state index in [-0.39, 0.29) is 24.5 Å². The number of fused-ring (bicyclic) bond motifs is 1. The second kappa shape index (κ2) is 9.25. The molecule has 4 rings (SSSR count). The van der Waals surface area contributed by atoms with E-state index < -0.39 is 0 Å². The second-order valence-electron chi connectivity index (χ2n) is 7.77. The fraction of sp³-hybridized carbons (Fsp3) is 0.455. The molecule has 1 fully saturated rings. The van der Waals surface area contributed by atoms with Crippen molar-refractivity contribution in [1.82, 2.24) is 20.2 Å². The van der Waals surface area contributed by atoms with Crippen molar-refractivity contribution in [3.63, 3.8) is 0 Å². The number of nitrogens with one attached hydrogen (secondary N) is 1. The molecule has 0 unspecified atom stereocenters. The van der Waals surface area contributed by atoms with E-state index in [1.54, 1.807) is 33.3 Å². The van der Waals surface area contributed by atoms with Crippen molar-refractivity contribution >= 4 is 33.4 Å². The Morgan fingerprint density at radius 2 is 1.97 bits per heavy atom. The quantitative estimate of drug-likeness (QED) is 0.605. The molecule has 1 aliphatic heterocycles. The summed E-state index contributed by atoms with van der Waals surface area (Å²) in [4.78, 5) is 37.7. The molecule has 3 aromatic heterocycles. The van der Waals surface area contributed by atoms with Crippen LogP contribution in [0.3, 0.4) is 0 Å². The third-order valence-electron chi connectivity index (χ3n) is 5.55. The molecule has 1 N–H and O–H groups in total. The maximum absolute atomic E-state index is 13.3. The normalized spacial score (nSPS) is 14.7. The number of ether oxygens (including phenoxy) is 2. The van der Waals surface area contributed by atoms with Gasteiger partial charge in [-0.05, 0) is 44.4 Å². The molecule has 2 amide bonds. The first kappa shape index (κ1) is 22.2. The van der Waals surface area contributed by atoms with Gasteiger partial charge in [0, 0.05) is 26.2 Å². The van der Waals surface area contributed by atoms with E-state index in [9.17, 15) is 9.59 Å². The molecular formula is C22H26N4O5S. The summed E-state index contributed by atoms with van der Waals surface area (Å²) >= 11 is 1.35. The van der Waals surface area contributed by atoms with Crippen LogP contribution in [0.5, 0.6) is 5.88 Å². The van der Waals surface area contributed by atoms with Crippen LogP contribution in [0, 0.1) is 13.8 Å². The molecule has 4 heterocycles. The first-order valence-electron chi connectivity index (χ1n) is 10.4. The monoisotopic (exact) mass is 458 g/mol. The highest BCUT2D eigenvalue weighted by molar-refractivity contribution is 7.20. The summed E-state index contributed by atoms with van der Waals surface area (Å²) in [6, 6.07) is 3.44. The fourth-order valence-electron chi connectivity index (χ4n) is 3.87. The van der Waals surface area contributed by atoms with Gasteiger partial charge in [0.05, 0.1) is 17.4 Å². The van der Waals surface area contributed by atoms with E-state index in [0.717, 1.165) is 10.9 Å². The molecule has 10 heteroatoms. The molecule has 9 nitrogen and oxygen atoms in total. The lowest BCUT2D eigenvalue weighted by Gasteiger charge is -2.32. The molecule has 32 heavy (non-hydrogen) atoms. The van der Waals surface area contributed by atoms with Crippen LogP contribution in [0.25, 0.3) is 10.2 Å². The molecule has 0 saturated carbocycles. The van der Waals surface area contributed by atoms with Crippen molar-refractivity contribution in [1.29, 1.82) is 0 Å². The summed E-state index contributed by atoms with van der Waals surface area (Å²) in [6.45, 7) is 5.09. The smallest absolute Gasteiger partial charge is 0.287 e. The number of thiophene rings is 1. The number of aryl methyl sites for hydroxylation is 2. The summed E-state index contributed by atoms with van der Waals surface area (Å²) in [7, 11) is 3.14. The summed E-state index contributed by atoms with van der Waals surface area (Å²) in [5, 5.41) is 3.76. The molecule has 0 radical (unpaired) electrons. The average molecular weight is 459 g/mol. The highest BCUT2D eigenvalue weighted by Gasteiger charge is 2.29. The SMILES string of the molecule is COCc1nc(OC)c2c(C)c(C(=O)N3CCC(NC(=O)c4ccc(C)o4)CC3)sc2n1. The van der Waals surface area contributed by atoms with Crippen molar-refractivity contribution in [2.45, 2.75) is 39.3 Å². The Hall–Kier alpha value is -2.98. The van der Waals surface area contributed by atoms with Crippen LogP contribution in [-0.4, -0.2) is 60.0 Å². The Kier molecular flexibility index (Phi) is 6.43. The number of rotatable bonds is 6. The second-order valence-corrected chi connectivity index (χ2v) is 8.77. The number of piperidine rings is 1. The summed E-state index contributed by atoms with van der Waals surface area (Å²) in [5.41, 5.74) is 0.819. The van der Waals surface area contributed by atoms with Crippen LogP contribution in [0.15, 0.2) is 16.5 Å². The maximum atomic E-state index is 13.3. The molecule has 0 aliphatic carbocycles. The lowest BCUT2D eigenvalue weighted by molar-refractivity contribution is 0.0699.